The molecule has 0 bridgehead atoms. The maximum Gasteiger partial charge on any atom is 0.387 e. The molecule has 0 atom stereocenters. The molecular formula is C24H21F3N6O3. The van der Waals surface area contributed by atoms with Crippen LogP contribution in [0.25, 0.3) is 33.4 Å². The number of primary amides is 1. The molecule has 1 amide bonds. The summed E-state index contributed by atoms with van der Waals surface area (Å²) in [5.41, 5.74) is 15.9. The standard InChI is InChI=1S/C24H21F3N6O3/c25-18-14(19-17(22(29)34)21(28)33(32-19)12-9-24(30,35)10-12)7-6-13-16(36-23(26)27)8-15(31-20(13)18)11-4-2-1-3-5-11/h1-8,12,23,35H,9-10,28,30H2,(H2,29,34)/t12-,24+. The molecule has 12 heteroatoms. The molecule has 7 N–H and O–H groups in total. The number of halogens is 3. The molecular weight excluding hydrogens is 477 g/mol. The fourth-order valence-electron chi connectivity index (χ4n) is 4.45. The van der Waals surface area contributed by atoms with E-state index >= 15 is 4.39 Å². The second-order valence-corrected chi connectivity index (χ2v) is 8.66. The fourth-order valence-corrected chi connectivity index (χ4v) is 4.45. The number of carbonyl (C=O) groups is 1. The quantitative estimate of drug-likeness (QED) is 0.298. The Morgan fingerprint density at radius 3 is 2.50 bits per heavy atom. The van der Waals surface area contributed by atoms with Gasteiger partial charge in [0.15, 0.2) is 5.82 Å². The van der Waals surface area contributed by atoms with E-state index in [4.69, 9.17) is 17.2 Å². The zero-order valence-electron chi connectivity index (χ0n) is 18.7. The number of benzene rings is 2. The molecule has 0 spiro atoms. The van der Waals surface area contributed by atoms with Gasteiger partial charge in [0.1, 0.15) is 34.1 Å². The number of fused-ring (bicyclic) bond motifs is 1. The highest BCUT2D eigenvalue weighted by atomic mass is 19.3. The van der Waals surface area contributed by atoms with Crippen molar-refractivity contribution >= 4 is 22.6 Å². The number of aliphatic hydroxyl groups is 1. The van der Waals surface area contributed by atoms with E-state index in [1.165, 1.54) is 22.9 Å². The van der Waals surface area contributed by atoms with E-state index in [0.29, 0.717) is 5.56 Å². The van der Waals surface area contributed by atoms with Crippen LogP contribution in [-0.4, -0.2) is 38.1 Å². The second kappa shape index (κ2) is 8.50. The lowest BCUT2D eigenvalue weighted by Gasteiger charge is -2.40. The first-order chi connectivity index (χ1) is 17.1. The van der Waals surface area contributed by atoms with E-state index in [9.17, 15) is 18.7 Å². The van der Waals surface area contributed by atoms with Crippen LogP contribution in [0.5, 0.6) is 5.75 Å². The number of hydrogen-bond acceptors (Lipinski definition) is 7. The van der Waals surface area contributed by atoms with E-state index in [0.717, 1.165) is 0 Å². The Bertz CT molecular complexity index is 1480. The third-order valence-electron chi connectivity index (χ3n) is 6.14. The smallest absolute Gasteiger partial charge is 0.387 e. The van der Waals surface area contributed by atoms with Gasteiger partial charge in [-0.25, -0.2) is 14.1 Å². The van der Waals surface area contributed by atoms with Crippen LogP contribution in [0.2, 0.25) is 0 Å². The minimum absolute atomic E-state index is 0.00329. The number of ether oxygens (including phenoxy) is 1. The fraction of sp³-hybridized carbons (Fsp3) is 0.208. The number of carbonyl (C=O) groups excluding carboxylic acids is 1. The van der Waals surface area contributed by atoms with Crippen molar-refractivity contribution in [3.8, 4) is 28.3 Å². The first kappa shape index (κ1) is 23.6. The number of alkyl halides is 2. The minimum atomic E-state index is -3.15. The predicted octanol–water partition coefficient (Wildman–Crippen LogP) is 3.17. The molecule has 5 rings (SSSR count). The predicted molar refractivity (Wildman–Crippen MR) is 125 cm³/mol. The van der Waals surface area contributed by atoms with Crippen molar-refractivity contribution in [2.24, 2.45) is 11.5 Å². The molecule has 0 saturated heterocycles. The van der Waals surface area contributed by atoms with Crippen LogP contribution in [0, 0.1) is 5.82 Å². The number of aromatic nitrogens is 3. The average Bonchev–Trinajstić information content (AvgIpc) is 3.14. The second-order valence-electron chi connectivity index (χ2n) is 8.66. The molecule has 36 heavy (non-hydrogen) atoms. The molecule has 186 valence electrons. The lowest BCUT2D eigenvalue weighted by molar-refractivity contribution is -0.0644. The van der Waals surface area contributed by atoms with Crippen molar-refractivity contribution in [1.82, 2.24) is 14.8 Å². The normalized spacial score (nSPS) is 19.4. The van der Waals surface area contributed by atoms with Crippen LogP contribution in [0.15, 0.2) is 48.5 Å². The molecule has 0 unspecified atom stereocenters. The molecule has 1 aliphatic rings. The van der Waals surface area contributed by atoms with Crippen LogP contribution in [0.1, 0.15) is 29.2 Å². The molecule has 0 aliphatic heterocycles. The third kappa shape index (κ3) is 3.99. The number of hydrogen-bond donors (Lipinski definition) is 4. The van der Waals surface area contributed by atoms with Gasteiger partial charge < -0.3 is 27.0 Å². The first-order valence-electron chi connectivity index (χ1n) is 10.9. The largest absolute Gasteiger partial charge is 0.434 e. The number of amides is 1. The van der Waals surface area contributed by atoms with Crippen LogP contribution in [0.4, 0.5) is 19.0 Å². The summed E-state index contributed by atoms with van der Waals surface area (Å²) in [6, 6.07) is 12.1. The summed E-state index contributed by atoms with van der Waals surface area (Å²) in [4.78, 5) is 16.6. The van der Waals surface area contributed by atoms with Crippen LogP contribution >= 0.6 is 0 Å². The molecule has 9 nitrogen and oxygen atoms in total. The Labute approximate surface area is 202 Å². The van der Waals surface area contributed by atoms with Gasteiger partial charge in [-0.15, -0.1) is 0 Å². The van der Waals surface area contributed by atoms with Gasteiger partial charge in [-0.1, -0.05) is 30.3 Å². The highest BCUT2D eigenvalue weighted by Crippen LogP contribution is 2.42. The monoisotopic (exact) mass is 498 g/mol. The number of anilines is 1. The summed E-state index contributed by atoms with van der Waals surface area (Å²) in [5.74, 6) is -2.25. The summed E-state index contributed by atoms with van der Waals surface area (Å²) < 4.78 is 48.2. The van der Waals surface area contributed by atoms with E-state index < -0.39 is 30.1 Å². The van der Waals surface area contributed by atoms with Crippen molar-refractivity contribution in [2.75, 3.05) is 5.73 Å². The van der Waals surface area contributed by atoms with Crippen molar-refractivity contribution in [1.29, 1.82) is 0 Å². The van der Waals surface area contributed by atoms with Gasteiger partial charge in [0.25, 0.3) is 5.91 Å². The van der Waals surface area contributed by atoms with Gasteiger partial charge in [0.2, 0.25) is 0 Å². The summed E-state index contributed by atoms with van der Waals surface area (Å²) in [5, 5.41) is 14.2. The number of rotatable bonds is 6. The highest BCUT2D eigenvalue weighted by molar-refractivity contribution is 6.04. The van der Waals surface area contributed by atoms with Crippen molar-refractivity contribution in [2.45, 2.75) is 31.2 Å². The zero-order valence-corrected chi connectivity index (χ0v) is 18.7. The Kier molecular flexibility index (Phi) is 5.57. The Morgan fingerprint density at radius 2 is 1.89 bits per heavy atom. The minimum Gasteiger partial charge on any atom is -0.434 e. The summed E-state index contributed by atoms with van der Waals surface area (Å²) in [6.45, 7) is -3.15. The molecule has 1 aliphatic carbocycles. The SMILES string of the molecule is NC(=O)c1c(-c2ccc3c(OC(F)F)cc(-c4ccccc4)nc3c2F)nn([C@H]2C[C@@](N)(O)C2)c1N. The van der Waals surface area contributed by atoms with Crippen LogP contribution in [-0.2, 0) is 0 Å². The van der Waals surface area contributed by atoms with Crippen LogP contribution in [0.3, 0.4) is 0 Å². The summed E-state index contributed by atoms with van der Waals surface area (Å²) >= 11 is 0. The molecule has 0 radical (unpaired) electrons. The molecule has 4 aromatic rings. The topological polar surface area (TPSA) is 155 Å². The number of nitrogens with zero attached hydrogens (tertiary/aromatic N) is 3. The molecule has 1 saturated carbocycles. The van der Waals surface area contributed by atoms with Crippen LogP contribution < -0.4 is 21.9 Å². The van der Waals surface area contributed by atoms with Gasteiger partial charge in [0, 0.05) is 35.4 Å². The van der Waals surface area contributed by atoms with Gasteiger partial charge in [-0.3, -0.25) is 4.79 Å². The van der Waals surface area contributed by atoms with Gasteiger partial charge >= 0.3 is 6.61 Å². The maximum atomic E-state index is 16.0. The number of nitrogen functional groups attached to an aromatic ring is 1. The summed E-state index contributed by atoms with van der Waals surface area (Å²) in [7, 11) is 0. The molecule has 2 aromatic heterocycles. The van der Waals surface area contributed by atoms with E-state index in [1.807, 2.05) is 0 Å². The lowest BCUT2D eigenvalue weighted by Crippen LogP contribution is -2.52. The van der Waals surface area contributed by atoms with Crippen molar-refractivity contribution in [3.63, 3.8) is 0 Å². The highest BCUT2D eigenvalue weighted by Gasteiger charge is 2.42. The molecule has 1 fully saturated rings. The summed E-state index contributed by atoms with van der Waals surface area (Å²) in [6.07, 6.45) is 0.236. The molecule has 2 heterocycles. The Morgan fingerprint density at radius 1 is 1.19 bits per heavy atom. The van der Waals surface area contributed by atoms with Gasteiger partial charge in [-0.05, 0) is 12.1 Å². The number of pyridine rings is 1. The number of nitrogens with two attached hydrogens (primary N) is 3. The van der Waals surface area contributed by atoms with E-state index in [1.54, 1.807) is 30.3 Å². The van der Waals surface area contributed by atoms with E-state index in [-0.39, 0.29) is 57.8 Å². The molecule has 2 aromatic carbocycles. The third-order valence-corrected chi connectivity index (χ3v) is 6.14. The van der Waals surface area contributed by atoms with Crippen molar-refractivity contribution < 1.29 is 27.8 Å². The first-order valence-corrected chi connectivity index (χ1v) is 10.9. The van der Waals surface area contributed by atoms with Gasteiger partial charge in [0.05, 0.1) is 11.7 Å². The Hall–Kier alpha value is -4.16. The van der Waals surface area contributed by atoms with E-state index in [2.05, 4.69) is 14.8 Å². The average molecular weight is 498 g/mol. The van der Waals surface area contributed by atoms with Gasteiger partial charge in [-0.2, -0.15) is 13.9 Å². The van der Waals surface area contributed by atoms with Crippen molar-refractivity contribution in [3.05, 3.63) is 59.9 Å². The lowest BCUT2D eigenvalue weighted by atomic mass is 9.83. The zero-order chi connectivity index (χ0) is 25.8. The Balaban J connectivity index is 1.71. The maximum absolute atomic E-state index is 16.0.